The van der Waals surface area contributed by atoms with E-state index in [-0.39, 0.29) is 22.9 Å². The number of hydrogen-bond acceptors (Lipinski definition) is 2. The standard InChI is InChI=1S/C23H20ClFN2O2/c24-19-10-6-11-20(25)18(19)15-22(28)27-21-12-5-4-9-17(21)23(29)26-14-13-16-7-2-1-3-8-16/h1-12H,13-15H2,(H,26,29)(H,27,28). The van der Waals surface area contributed by atoms with Crippen LogP contribution in [0.15, 0.2) is 72.8 Å². The van der Waals surface area contributed by atoms with Gasteiger partial charge in [-0.05, 0) is 36.2 Å². The third kappa shape index (κ3) is 5.65. The van der Waals surface area contributed by atoms with Gasteiger partial charge in [-0.15, -0.1) is 0 Å². The van der Waals surface area contributed by atoms with Gasteiger partial charge >= 0.3 is 0 Å². The molecule has 3 rings (SSSR count). The number of benzene rings is 3. The largest absolute Gasteiger partial charge is 0.352 e. The average molecular weight is 411 g/mol. The zero-order valence-corrected chi connectivity index (χ0v) is 16.4. The molecule has 0 spiro atoms. The number of halogens is 2. The smallest absolute Gasteiger partial charge is 0.253 e. The van der Waals surface area contributed by atoms with E-state index in [9.17, 15) is 14.0 Å². The zero-order chi connectivity index (χ0) is 20.6. The van der Waals surface area contributed by atoms with Crippen LogP contribution in [0.3, 0.4) is 0 Å². The SMILES string of the molecule is O=C(Cc1c(F)cccc1Cl)Nc1ccccc1C(=O)NCCc1ccccc1. The van der Waals surface area contributed by atoms with E-state index in [1.54, 1.807) is 24.3 Å². The summed E-state index contributed by atoms with van der Waals surface area (Å²) in [5.41, 5.74) is 1.95. The third-order valence-electron chi connectivity index (χ3n) is 4.39. The van der Waals surface area contributed by atoms with E-state index in [0.29, 0.717) is 24.2 Å². The summed E-state index contributed by atoms with van der Waals surface area (Å²) >= 11 is 5.98. The van der Waals surface area contributed by atoms with Gasteiger partial charge < -0.3 is 10.6 Å². The van der Waals surface area contributed by atoms with Crippen LogP contribution in [-0.4, -0.2) is 18.4 Å². The molecule has 0 fully saturated rings. The third-order valence-corrected chi connectivity index (χ3v) is 4.74. The molecule has 0 bridgehead atoms. The first kappa shape index (κ1) is 20.6. The lowest BCUT2D eigenvalue weighted by atomic mass is 10.1. The Morgan fingerprint density at radius 1 is 0.897 bits per heavy atom. The van der Waals surface area contributed by atoms with Crippen molar-refractivity contribution in [3.63, 3.8) is 0 Å². The number of amides is 2. The first-order valence-corrected chi connectivity index (χ1v) is 9.56. The predicted octanol–water partition coefficient (Wildman–Crippen LogP) is 4.63. The van der Waals surface area contributed by atoms with Crippen molar-refractivity contribution in [3.05, 3.63) is 100 Å². The van der Waals surface area contributed by atoms with E-state index in [4.69, 9.17) is 11.6 Å². The molecule has 2 amide bonds. The maximum atomic E-state index is 13.9. The molecule has 3 aromatic rings. The molecule has 0 aliphatic heterocycles. The zero-order valence-electron chi connectivity index (χ0n) is 15.6. The van der Waals surface area contributed by atoms with Crippen molar-refractivity contribution >= 4 is 29.1 Å². The fourth-order valence-electron chi connectivity index (χ4n) is 2.91. The van der Waals surface area contributed by atoms with Crippen molar-refractivity contribution in [2.24, 2.45) is 0 Å². The van der Waals surface area contributed by atoms with E-state index in [0.717, 1.165) is 5.56 Å². The summed E-state index contributed by atoms with van der Waals surface area (Å²) in [6.45, 7) is 0.468. The molecular weight excluding hydrogens is 391 g/mol. The van der Waals surface area contributed by atoms with Crippen LogP contribution in [0, 0.1) is 5.82 Å². The van der Waals surface area contributed by atoms with Crippen molar-refractivity contribution in [3.8, 4) is 0 Å². The van der Waals surface area contributed by atoms with Gasteiger partial charge in [0.25, 0.3) is 5.91 Å². The van der Waals surface area contributed by atoms with E-state index in [1.807, 2.05) is 30.3 Å². The molecule has 148 valence electrons. The second-order valence-corrected chi connectivity index (χ2v) is 6.87. The van der Waals surface area contributed by atoms with Crippen molar-refractivity contribution in [1.82, 2.24) is 5.32 Å². The summed E-state index contributed by atoms with van der Waals surface area (Å²) in [6, 6.07) is 20.8. The van der Waals surface area contributed by atoms with E-state index < -0.39 is 11.7 Å². The number of hydrogen-bond donors (Lipinski definition) is 2. The highest BCUT2D eigenvalue weighted by atomic mass is 35.5. The van der Waals surface area contributed by atoms with Crippen LogP contribution in [0.5, 0.6) is 0 Å². The molecule has 0 atom stereocenters. The van der Waals surface area contributed by atoms with E-state index >= 15 is 0 Å². The average Bonchev–Trinajstić information content (AvgIpc) is 2.72. The highest BCUT2D eigenvalue weighted by molar-refractivity contribution is 6.31. The Morgan fingerprint density at radius 2 is 1.62 bits per heavy atom. The summed E-state index contributed by atoms with van der Waals surface area (Å²) in [7, 11) is 0. The minimum Gasteiger partial charge on any atom is -0.352 e. The molecule has 0 saturated heterocycles. The van der Waals surface area contributed by atoms with E-state index in [1.165, 1.54) is 18.2 Å². The van der Waals surface area contributed by atoms with Gasteiger partial charge in [0.05, 0.1) is 17.7 Å². The molecule has 0 heterocycles. The van der Waals surface area contributed by atoms with Gasteiger partial charge in [-0.1, -0.05) is 60.1 Å². The van der Waals surface area contributed by atoms with Gasteiger partial charge in [0.1, 0.15) is 5.82 Å². The number of nitrogens with one attached hydrogen (secondary N) is 2. The Morgan fingerprint density at radius 3 is 2.38 bits per heavy atom. The Labute approximate surface area is 173 Å². The van der Waals surface area contributed by atoms with E-state index in [2.05, 4.69) is 10.6 Å². The van der Waals surface area contributed by atoms with Gasteiger partial charge in [0.15, 0.2) is 0 Å². The molecular formula is C23H20ClFN2O2. The fraction of sp³-hybridized carbons (Fsp3) is 0.130. The van der Waals surface area contributed by atoms with Crippen LogP contribution >= 0.6 is 11.6 Å². The molecule has 0 unspecified atom stereocenters. The molecule has 0 aliphatic rings. The number of carbonyl (C=O) groups excluding carboxylic acids is 2. The Bertz CT molecular complexity index is 989. The van der Waals surface area contributed by atoms with Crippen LogP contribution in [0.25, 0.3) is 0 Å². The molecule has 6 heteroatoms. The first-order valence-electron chi connectivity index (χ1n) is 9.18. The molecule has 0 radical (unpaired) electrons. The summed E-state index contributed by atoms with van der Waals surface area (Å²) in [5.74, 6) is -1.29. The monoisotopic (exact) mass is 410 g/mol. The number of para-hydroxylation sites is 1. The highest BCUT2D eigenvalue weighted by Gasteiger charge is 2.15. The lowest BCUT2D eigenvalue weighted by molar-refractivity contribution is -0.115. The normalized spacial score (nSPS) is 10.4. The number of carbonyl (C=O) groups is 2. The molecule has 29 heavy (non-hydrogen) atoms. The molecule has 0 saturated carbocycles. The lowest BCUT2D eigenvalue weighted by Crippen LogP contribution is -2.27. The second kappa shape index (κ2) is 9.85. The maximum absolute atomic E-state index is 13.9. The lowest BCUT2D eigenvalue weighted by Gasteiger charge is -2.12. The molecule has 3 aromatic carbocycles. The van der Waals surface area contributed by atoms with Crippen LogP contribution in [0.2, 0.25) is 5.02 Å². The van der Waals surface area contributed by atoms with Crippen LogP contribution < -0.4 is 10.6 Å². The van der Waals surface area contributed by atoms with Crippen molar-refractivity contribution in [1.29, 1.82) is 0 Å². The van der Waals surface area contributed by atoms with Gasteiger partial charge in [0, 0.05) is 17.1 Å². The fourth-order valence-corrected chi connectivity index (χ4v) is 3.14. The highest BCUT2D eigenvalue weighted by Crippen LogP contribution is 2.21. The molecule has 4 nitrogen and oxygen atoms in total. The predicted molar refractivity (Wildman–Crippen MR) is 113 cm³/mol. The van der Waals surface area contributed by atoms with Crippen molar-refractivity contribution in [2.45, 2.75) is 12.8 Å². The van der Waals surface area contributed by atoms with Gasteiger partial charge in [-0.2, -0.15) is 0 Å². The molecule has 0 aliphatic carbocycles. The second-order valence-electron chi connectivity index (χ2n) is 6.46. The number of rotatable bonds is 7. The first-order chi connectivity index (χ1) is 14.0. The topological polar surface area (TPSA) is 58.2 Å². The number of anilines is 1. The maximum Gasteiger partial charge on any atom is 0.253 e. The molecule has 0 aromatic heterocycles. The van der Waals surface area contributed by atoms with Crippen LogP contribution in [-0.2, 0) is 17.6 Å². The minimum absolute atomic E-state index is 0.122. The molecule has 2 N–H and O–H groups in total. The van der Waals surface area contributed by atoms with Crippen LogP contribution in [0.1, 0.15) is 21.5 Å². The summed E-state index contributed by atoms with van der Waals surface area (Å²) in [4.78, 5) is 25.0. The van der Waals surface area contributed by atoms with Gasteiger partial charge in [-0.3, -0.25) is 9.59 Å². The van der Waals surface area contributed by atoms with Crippen LogP contribution in [0.4, 0.5) is 10.1 Å². The van der Waals surface area contributed by atoms with Gasteiger partial charge in [0.2, 0.25) is 5.91 Å². The minimum atomic E-state index is -0.542. The Hall–Kier alpha value is -3.18. The van der Waals surface area contributed by atoms with Crippen molar-refractivity contribution in [2.75, 3.05) is 11.9 Å². The Balaban J connectivity index is 1.63. The van der Waals surface area contributed by atoms with Gasteiger partial charge in [-0.25, -0.2) is 4.39 Å². The summed E-state index contributed by atoms with van der Waals surface area (Å²) in [5, 5.41) is 5.72. The quantitative estimate of drug-likeness (QED) is 0.596. The summed E-state index contributed by atoms with van der Waals surface area (Å²) in [6.07, 6.45) is 0.475. The Kier molecular flexibility index (Phi) is 6.98. The summed E-state index contributed by atoms with van der Waals surface area (Å²) < 4.78 is 13.9. The van der Waals surface area contributed by atoms with Crippen molar-refractivity contribution < 1.29 is 14.0 Å².